The Hall–Kier alpha value is -2.53. The lowest BCUT2D eigenvalue weighted by Gasteiger charge is -2.30. The lowest BCUT2D eigenvalue weighted by atomic mass is 10.2. The molecule has 24 heavy (non-hydrogen) atoms. The van der Waals surface area contributed by atoms with E-state index < -0.39 is 0 Å². The first-order valence-electron chi connectivity index (χ1n) is 8.23. The smallest absolute Gasteiger partial charge is 0.246 e. The van der Waals surface area contributed by atoms with Crippen molar-refractivity contribution in [1.82, 2.24) is 0 Å². The lowest BCUT2D eigenvalue weighted by Crippen LogP contribution is -2.37. The van der Waals surface area contributed by atoms with Crippen LogP contribution in [0.4, 0.5) is 17.1 Å². The van der Waals surface area contributed by atoms with Gasteiger partial charge in [0.15, 0.2) is 0 Å². The van der Waals surface area contributed by atoms with E-state index in [0.717, 1.165) is 43.4 Å². The highest BCUT2D eigenvalue weighted by atomic mass is 16.5. The van der Waals surface area contributed by atoms with Crippen LogP contribution in [0.15, 0.2) is 54.6 Å². The Morgan fingerprint density at radius 2 is 1.75 bits per heavy atom. The van der Waals surface area contributed by atoms with Crippen LogP contribution in [0.1, 0.15) is 0 Å². The molecule has 5 heteroatoms. The van der Waals surface area contributed by atoms with Gasteiger partial charge in [-0.2, -0.15) is 0 Å². The quantitative estimate of drug-likeness (QED) is 0.918. The van der Waals surface area contributed by atoms with Crippen LogP contribution in [-0.4, -0.2) is 45.8 Å². The Bertz CT molecular complexity index is 669. The van der Waals surface area contributed by atoms with E-state index in [1.807, 2.05) is 48.5 Å². The van der Waals surface area contributed by atoms with Crippen molar-refractivity contribution >= 4 is 23.0 Å². The van der Waals surface area contributed by atoms with E-state index in [-0.39, 0.29) is 12.5 Å². The minimum Gasteiger partial charge on any atom is -0.378 e. The molecule has 0 aliphatic carbocycles. The van der Waals surface area contributed by atoms with Crippen LogP contribution in [0.3, 0.4) is 0 Å². The minimum absolute atomic E-state index is 0.0259. The van der Waals surface area contributed by atoms with Crippen LogP contribution in [0.5, 0.6) is 0 Å². The molecule has 2 aromatic rings. The number of carbonyl (C=O) groups is 1. The molecule has 2 aromatic carbocycles. The predicted octanol–water partition coefficient (Wildman–Crippen LogP) is 2.60. The molecule has 1 aliphatic rings. The summed E-state index contributed by atoms with van der Waals surface area (Å²) in [5.41, 5.74) is 3.00. The van der Waals surface area contributed by atoms with Crippen molar-refractivity contribution in [2.45, 2.75) is 0 Å². The summed E-state index contributed by atoms with van der Waals surface area (Å²) in [5.74, 6) is 0.0259. The zero-order valence-electron chi connectivity index (χ0n) is 13.9. The molecule has 3 rings (SSSR count). The second kappa shape index (κ2) is 7.84. The molecule has 1 amide bonds. The molecule has 0 spiro atoms. The van der Waals surface area contributed by atoms with Crippen molar-refractivity contribution in [3.8, 4) is 0 Å². The lowest BCUT2D eigenvalue weighted by molar-refractivity contribution is -0.116. The molecule has 0 unspecified atom stereocenters. The fraction of sp³-hybridized carbons (Fsp3) is 0.316. The van der Waals surface area contributed by atoms with E-state index >= 15 is 0 Å². The van der Waals surface area contributed by atoms with Crippen LogP contribution in [0.2, 0.25) is 0 Å². The molecule has 1 aliphatic heterocycles. The largest absolute Gasteiger partial charge is 0.378 e. The summed E-state index contributed by atoms with van der Waals surface area (Å²) < 4.78 is 5.42. The van der Waals surface area contributed by atoms with Gasteiger partial charge in [0, 0.05) is 25.8 Å². The van der Waals surface area contributed by atoms with E-state index in [2.05, 4.69) is 16.3 Å². The van der Waals surface area contributed by atoms with Gasteiger partial charge in [-0.1, -0.05) is 30.3 Å². The summed E-state index contributed by atoms with van der Waals surface area (Å²) in [6.45, 7) is 3.48. The van der Waals surface area contributed by atoms with Gasteiger partial charge in [-0.05, 0) is 24.3 Å². The van der Waals surface area contributed by atoms with Crippen molar-refractivity contribution in [2.75, 3.05) is 55.0 Å². The van der Waals surface area contributed by atoms with Crippen molar-refractivity contribution < 1.29 is 9.53 Å². The summed E-state index contributed by atoms with van der Waals surface area (Å²) in [4.78, 5) is 16.4. The highest BCUT2D eigenvalue weighted by Gasteiger charge is 2.16. The van der Waals surface area contributed by atoms with Gasteiger partial charge in [0.2, 0.25) is 5.91 Å². The van der Waals surface area contributed by atoms with Crippen LogP contribution in [0, 0.1) is 0 Å². The van der Waals surface area contributed by atoms with Gasteiger partial charge in [0.1, 0.15) is 0 Å². The fourth-order valence-corrected chi connectivity index (χ4v) is 2.79. The third-order valence-corrected chi connectivity index (χ3v) is 4.20. The van der Waals surface area contributed by atoms with E-state index in [0.29, 0.717) is 0 Å². The maximum Gasteiger partial charge on any atom is 0.246 e. The van der Waals surface area contributed by atoms with Gasteiger partial charge >= 0.3 is 0 Å². The summed E-state index contributed by atoms with van der Waals surface area (Å²) in [7, 11) is 1.80. The third-order valence-electron chi connectivity index (χ3n) is 4.20. The van der Waals surface area contributed by atoms with E-state index in [1.54, 1.807) is 11.9 Å². The zero-order chi connectivity index (χ0) is 16.8. The highest BCUT2D eigenvalue weighted by Crippen LogP contribution is 2.26. The Balaban J connectivity index is 1.65. The number of rotatable bonds is 5. The Morgan fingerprint density at radius 3 is 2.50 bits per heavy atom. The van der Waals surface area contributed by atoms with E-state index in [4.69, 9.17) is 4.74 Å². The van der Waals surface area contributed by atoms with Crippen molar-refractivity contribution in [1.29, 1.82) is 0 Å². The topological polar surface area (TPSA) is 44.8 Å². The van der Waals surface area contributed by atoms with Gasteiger partial charge < -0.3 is 19.9 Å². The van der Waals surface area contributed by atoms with Gasteiger partial charge in [-0.15, -0.1) is 0 Å². The maximum atomic E-state index is 12.4. The Labute approximate surface area is 142 Å². The van der Waals surface area contributed by atoms with Crippen molar-refractivity contribution in [3.63, 3.8) is 0 Å². The number of hydrogen-bond donors (Lipinski definition) is 1. The molecule has 0 saturated carbocycles. The second-order valence-corrected chi connectivity index (χ2v) is 5.76. The molecule has 0 bridgehead atoms. The summed E-state index contributed by atoms with van der Waals surface area (Å²) in [6, 6.07) is 17.8. The number of carbonyl (C=O) groups excluding carboxylic acids is 1. The molecular formula is C19H23N3O2. The molecule has 0 radical (unpaired) electrons. The molecule has 1 N–H and O–H groups in total. The number of anilines is 3. The monoisotopic (exact) mass is 325 g/mol. The number of likely N-dealkylation sites (N-methyl/N-ethyl adjacent to an activating group) is 1. The standard InChI is InChI=1S/C19H23N3O2/c1-21(16-7-3-2-4-8-16)19(23)15-20-17-9-5-6-10-18(17)22-11-13-24-14-12-22/h2-10,20H,11-15H2,1H3. The summed E-state index contributed by atoms with van der Waals surface area (Å²) in [5, 5.41) is 3.29. The Kier molecular flexibility index (Phi) is 5.33. The van der Waals surface area contributed by atoms with Crippen molar-refractivity contribution in [3.05, 3.63) is 54.6 Å². The number of nitrogens with zero attached hydrogens (tertiary/aromatic N) is 2. The van der Waals surface area contributed by atoms with Gasteiger partial charge in [0.05, 0.1) is 31.1 Å². The van der Waals surface area contributed by atoms with Gasteiger partial charge in [0.25, 0.3) is 0 Å². The average Bonchev–Trinajstić information content (AvgIpc) is 2.67. The van der Waals surface area contributed by atoms with E-state index in [9.17, 15) is 4.79 Å². The third kappa shape index (κ3) is 3.86. The summed E-state index contributed by atoms with van der Waals surface area (Å²) >= 11 is 0. The van der Waals surface area contributed by atoms with Crippen LogP contribution in [0.25, 0.3) is 0 Å². The number of nitrogens with one attached hydrogen (secondary N) is 1. The molecule has 0 aromatic heterocycles. The Morgan fingerprint density at radius 1 is 1.08 bits per heavy atom. The van der Waals surface area contributed by atoms with Crippen LogP contribution in [-0.2, 0) is 9.53 Å². The SMILES string of the molecule is CN(C(=O)CNc1ccccc1N1CCOCC1)c1ccccc1. The first-order valence-corrected chi connectivity index (χ1v) is 8.23. The molecule has 1 saturated heterocycles. The minimum atomic E-state index is 0.0259. The number of ether oxygens (including phenoxy) is 1. The molecule has 5 nitrogen and oxygen atoms in total. The molecule has 1 fully saturated rings. The van der Waals surface area contributed by atoms with Gasteiger partial charge in [-0.3, -0.25) is 4.79 Å². The number of morpholine rings is 1. The molecule has 1 heterocycles. The maximum absolute atomic E-state index is 12.4. The van der Waals surface area contributed by atoms with Gasteiger partial charge in [-0.25, -0.2) is 0 Å². The zero-order valence-corrected chi connectivity index (χ0v) is 13.9. The average molecular weight is 325 g/mol. The molecule has 0 atom stereocenters. The molecular weight excluding hydrogens is 302 g/mol. The molecule has 126 valence electrons. The first kappa shape index (κ1) is 16.3. The van der Waals surface area contributed by atoms with Crippen LogP contribution < -0.4 is 15.1 Å². The number of hydrogen-bond acceptors (Lipinski definition) is 4. The van der Waals surface area contributed by atoms with E-state index in [1.165, 1.54) is 0 Å². The normalized spacial score (nSPS) is 14.3. The predicted molar refractivity (Wildman–Crippen MR) is 97.8 cm³/mol. The fourth-order valence-electron chi connectivity index (χ4n) is 2.79. The number of para-hydroxylation sites is 3. The van der Waals surface area contributed by atoms with Crippen LogP contribution >= 0.6 is 0 Å². The van der Waals surface area contributed by atoms with Crippen molar-refractivity contribution in [2.24, 2.45) is 0 Å². The highest BCUT2D eigenvalue weighted by molar-refractivity contribution is 5.96. The summed E-state index contributed by atoms with van der Waals surface area (Å²) in [6.07, 6.45) is 0. The first-order chi connectivity index (χ1) is 11.8. The number of benzene rings is 2. The second-order valence-electron chi connectivity index (χ2n) is 5.76. The number of amides is 1.